The lowest BCUT2D eigenvalue weighted by molar-refractivity contribution is -0.159. The lowest BCUT2D eigenvalue weighted by atomic mass is 9.95. The number of rotatable bonds is 9. The van der Waals surface area contributed by atoms with Crippen LogP contribution in [-0.2, 0) is 19.9 Å². The summed E-state index contributed by atoms with van der Waals surface area (Å²) in [6, 6.07) is 14.8. The molecule has 148 valence electrons. The number of hydrogen-bond donors (Lipinski definition) is 0. The summed E-state index contributed by atoms with van der Waals surface area (Å²) in [6.45, 7) is 12.8. The molecular weight excluding hydrogens is 336 g/mol. The van der Waals surface area contributed by atoms with E-state index in [2.05, 4.69) is 64.1 Å². The Labute approximate surface area is 164 Å². The number of benzene rings is 2. The van der Waals surface area contributed by atoms with Crippen LogP contribution in [-0.4, -0.2) is 18.2 Å². The minimum absolute atomic E-state index is 0.123. The Hall–Kier alpha value is -1.87. The number of carbonyl (C=O) groups is 1. The van der Waals surface area contributed by atoms with Gasteiger partial charge in [-0.15, -0.1) is 0 Å². The number of fused-ring (bicyclic) bond motifs is 1. The summed E-state index contributed by atoms with van der Waals surface area (Å²) >= 11 is 0. The summed E-state index contributed by atoms with van der Waals surface area (Å²) in [5.41, 5.74) is 0.225. The molecule has 0 heterocycles. The average Bonchev–Trinajstić information content (AvgIpc) is 2.58. The van der Waals surface area contributed by atoms with Gasteiger partial charge in [0.15, 0.2) is 0 Å². The molecule has 0 aliphatic rings. The molecule has 0 aliphatic carbocycles. The third-order valence-electron chi connectivity index (χ3n) is 4.93. The first-order valence-electron chi connectivity index (χ1n) is 9.94. The largest absolute Gasteiger partial charge is 0.460 e. The van der Waals surface area contributed by atoms with Crippen LogP contribution in [0.2, 0.25) is 0 Å². The maximum Gasteiger partial charge on any atom is 0.306 e. The predicted molar refractivity (Wildman–Crippen MR) is 112 cm³/mol. The SMILES string of the molecule is CC(C)CCC(=O)OC(C)(C)CCOC(C)(C)c1ccc2ccccc2c1. The van der Waals surface area contributed by atoms with Gasteiger partial charge in [0.25, 0.3) is 0 Å². The van der Waals surface area contributed by atoms with E-state index >= 15 is 0 Å². The van der Waals surface area contributed by atoms with Crippen molar-refractivity contribution in [2.24, 2.45) is 5.92 Å². The van der Waals surface area contributed by atoms with Gasteiger partial charge in [-0.2, -0.15) is 0 Å². The Kier molecular flexibility index (Phi) is 7.05. The van der Waals surface area contributed by atoms with Crippen LogP contribution in [0, 0.1) is 5.92 Å². The fraction of sp³-hybridized carbons (Fsp3) is 0.542. The van der Waals surface area contributed by atoms with Crippen molar-refractivity contribution in [3.05, 3.63) is 48.0 Å². The molecule has 0 aliphatic heterocycles. The second kappa shape index (κ2) is 8.88. The second-order valence-electron chi connectivity index (χ2n) is 8.84. The Morgan fingerprint density at radius 3 is 2.33 bits per heavy atom. The maximum atomic E-state index is 12.0. The van der Waals surface area contributed by atoms with Gasteiger partial charge in [0.1, 0.15) is 5.60 Å². The number of esters is 1. The van der Waals surface area contributed by atoms with E-state index in [-0.39, 0.29) is 5.97 Å². The summed E-state index contributed by atoms with van der Waals surface area (Å²) in [4.78, 5) is 12.0. The van der Waals surface area contributed by atoms with E-state index in [4.69, 9.17) is 9.47 Å². The lowest BCUT2D eigenvalue weighted by Gasteiger charge is -2.30. The molecule has 0 N–H and O–H groups in total. The molecule has 0 atom stereocenters. The van der Waals surface area contributed by atoms with E-state index in [1.165, 1.54) is 10.8 Å². The standard InChI is InChI=1S/C24H34O3/c1-18(2)11-14-22(25)27-23(3,4)15-16-26-24(5,6)21-13-12-19-9-7-8-10-20(19)17-21/h7-10,12-13,17-18H,11,14-16H2,1-6H3. The normalized spacial score (nSPS) is 12.6. The van der Waals surface area contributed by atoms with E-state index in [9.17, 15) is 4.79 Å². The second-order valence-corrected chi connectivity index (χ2v) is 8.84. The quantitative estimate of drug-likeness (QED) is 0.490. The van der Waals surface area contributed by atoms with Crippen LogP contribution in [0.5, 0.6) is 0 Å². The molecule has 2 rings (SSSR count). The first-order chi connectivity index (χ1) is 12.6. The highest BCUT2D eigenvalue weighted by Gasteiger charge is 2.26. The fourth-order valence-electron chi connectivity index (χ4n) is 3.02. The number of hydrogen-bond acceptors (Lipinski definition) is 3. The molecule has 0 fully saturated rings. The Morgan fingerprint density at radius 1 is 1.00 bits per heavy atom. The van der Waals surface area contributed by atoms with Crippen molar-refractivity contribution in [1.29, 1.82) is 0 Å². The Bertz CT molecular complexity index is 759. The molecule has 0 unspecified atom stereocenters. The zero-order valence-corrected chi connectivity index (χ0v) is 17.7. The average molecular weight is 371 g/mol. The molecule has 27 heavy (non-hydrogen) atoms. The van der Waals surface area contributed by atoms with Gasteiger partial charge in [-0.3, -0.25) is 4.79 Å². The van der Waals surface area contributed by atoms with Crippen LogP contribution >= 0.6 is 0 Å². The molecular formula is C24H34O3. The predicted octanol–water partition coefficient (Wildman–Crippen LogP) is 6.24. The minimum Gasteiger partial charge on any atom is -0.460 e. The van der Waals surface area contributed by atoms with Gasteiger partial charge in [0.05, 0.1) is 12.2 Å². The topological polar surface area (TPSA) is 35.5 Å². The van der Waals surface area contributed by atoms with Crippen LogP contribution in [0.4, 0.5) is 0 Å². The molecule has 0 saturated carbocycles. The van der Waals surface area contributed by atoms with Crippen LogP contribution in [0.15, 0.2) is 42.5 Å². The van der Waals surface area contributed by atoms with Crippen molar-refractivity contribution in [2.75, 3.05) is 6.61 Å². The van der Waals surface area contributed by atoms with Gasteiger partial charge < -0.3 is 9.47 Å². The first-order valence-corrected chi connectivity index (χ1v) is 9.94. The molecule has 2 aromatic rings. The van der Waals surface area contributed by atoms with Crippen molar-refractivity contribution >= 4 is 16.7 Å². The van der Waals surface area contributed by atoms with E-state index in [1.807, 2.05) is 19.9 Å². The molecule has 0 radical (unpaired) electrons. The van der Waals surface area contributed by atoms with E-state index in [0.717, 1.165) is 12.0 Å². The third kappa shape index (κ3) is 6.66. The Balaban J connectivity index is 1.90. The van der Waals surface area contributed by atoms with Crippen molar-refractivity contribution in [3.63, 3.8) is 0 Å². The van der Waals surface area contributed by atoms with Crippen LogP contribution in [0.1, 0.15) is 66.4 Å². The van der Waals surface area contributed by atoms with E-state index in [0.29, 0.717) is 25.4 Å². The molecule has 0 saturated heterocycles. The fourth-order valence-corrected chi connectivity index (χ4v) is 3.02. The van der Waals surface area contributed by atoms with Crippen molar-refractivity contribution in [2.45, 2.75) is 72.0 Å². The van der Waals surface area contributed by atoms with Gasteiger partial charge >= 0.3 is 5.97 Å². The summed E-state index contributed by atoms with van der Waals surface area (Å²) in [5, 5.41) is 2.44. The van der Waals surface area contributed by atoms with Gasteiger partial charge in [0, 0.05) is 12.8 Å². The molecule has 3 nitrogen and oxygen atoms in total. The Morgan fingerprint density at radius 2 is 1.67 bits per heavy atom. The molecule has 3 heteroatoms. The molecule has 0 aromatic heterocycles. The van der Waals surface area contributed by atoms with E-state index in [1.54, 1.807) is 0 Å². The van der Waals surface area contributed by atoms with Crippen LogP contribution < -0.4 is 0 Å². The smallest absolute Gasteiger partial charge is 0.306 e. The van der Waals surface area contributed by atoms with Gasteiger partial charge in [-0.1, -0.05) is 50.2 Å². The summed E-state index contributed by atoms with van der Waals surface area (Å²) < 4.78 is 11.8. The third-order valence-corrected chi connectivity index (χ3v) is 4.93. The highest BCUT2D eigenvalue weighted by atomic mass is 16.6. The summed E-state index contributed by atoms with van der Waals surface area (Å²) in [6.07, 6.45) is 2.00. The molecule has 0 amide bonds. The van der Waals surface area contributed by atoms with Crippen molar-refractivity contribution < 1.29 is 14.3 Å². The molecule has 2 aromatic carbocycles. The van der Waals surface area contributed by atoms with Crippen molar-refractivity contribution in [1.82, 2.24) is 0 Å². The number of ether oxygens (including phenoxy) is 2. The monoisotopic (exact) mass is 370 g/mol. The maximum absolute atomic E-state index is 12.0. The van der Waals surface area contributed by atoms with Crippen LogP contribution in [0.25, 0.3) is 10.8 Å². The highest BCUT2D eigenvalue weighted by molar-refractivity contribution is 5.83. The van der Waals surface area contributed by atoms with Gasteiger partial charge in [0.2, 0.25) is 0 Å². The zero-order valence-electron chi connectivity index (χ0n) is 17.7. The number of carbonyl (C=O) groups excluding carboxylic acids is 1. The first kappa shape index (κ1) is 21.4. The van der Waals surface area contributed by atoms with Gasteiger partial charge in [-0.05, 0) is 62.4 Å². The van der Waals surface area contributed by atoms with Crippen LogP contribution in [0.3, 0.4) is 0 Å². The minimum atomic E-state index is -0.520. The lowest BCUT2D eigenvalue weighted by Crippen LogP contribution is -2.32. The zero-order chi connectivity index (χ0) is 20.1. The van der Waals surface area contributed by atoms with E-state index < -0.39 is 11.2 Å². The summed E-state index contributed by atoms with van der Waals surface area (Å²) in [7, 11) is 0. The van der Waals surface area contributed by atoms with Crippen molar-refractivity contribution in [3.8, 4) is 0 Å². The summed E-state index contributed by atoms with van der Waals surface area (Å²) in [5.74, 6) is 0.384. The molecule has 0 bridgehead atoms. The molecule has 0 spiro atoms. The van der Waals surface area contributed by atoms with Gasteiger partial charge in [-0.25, -0.2) is 0 Å². The highest BCUT2D eigenvalue weighted by Crippen LogP contribution is 2.29.